The number of carboxylic acid groups (broad SMARTS) is 1. The number of hydrogen-bond acceptors (Lipinski definition) is 7. The van der Waals surface area contributed by atoms with Crippen molar-refractivity contribution < 1.29 is 14.7 Å². The highest BCUT2D eigenvalue weighted by molar-refractivity contribution is 8.01. The van der Waals surface area contributed by atoms with Crippen molar-refractivity contribution in [3.05, 3.63) is 65.4 Å². The van der Waals surface area contributed by atoms with Gasteiger partial charge in [0, 0.05) is 23.2 Å². The Bertz CT molecular complexity index is 1020. The van der Waals surface area contributed by atoms with Gasteiger partial charge in [0.2, 0.25) is 0 Å². The third-order valence-corrected chi connectivity index (χ3v) is 6.26. The summed E-state index contributed by atoms with van der Waals surface area (Å²) < 4.78 is 2.51. The molecule has 0 atom stereocenters. The van der Waals surface area contributed by atoms with E-state index < -0.39 is 5.97 Å². The van der Waals surface area contributed by atoms with Crippen LogP contribution in [0, 0.1) is 6.92 Å². The molecule has 0 bridgehead atoms. The molecule has 0 saturated heterocycles. The number of carbonyl (C=O) groups excluding carboxylic acids is 1. The third kappa shape index (κ3) is 4.86. The monoisotopic (exact) mass is 431 g/mol. The summed E-state index contributed by atoms with van der Waals surface area (Å²) in [6.07, 6.45) is 1.66. The second kappa shape index (κ2) is 8.68. The highest BCUT2D eigenvalue weighted by atomic mass is 32.2. The molecular formula is C19H17N3O3S3. The van der Waals surface area contributed by atoms with Crippen molar-refractivity contribution in [3.63, 3.8) is 0 Å². The molecule has 1 aromatic heterocycles. The van der Waals surface area contributed by atoms with E-state index in [0.717, 1.165) is 20.4 Å². The molecule has 0 spiro atoms. The van der Waals surface area contributed by atoms with Gasteiger partial charge in [0.1, 0.15) is 0 Å². The number of nitrogens with one attached hydrogen (secondary N) is 1. The number of carboxylic acids is 1. The maximum absolute atomic E-state index is 12.4. The molecule has 3 rings (SSSR count). The fourth-order valence-corrected chi connectivity index (χ4v) is 4.40. The number of benzene rings is 2. The molecule has 0 aliphatic carbocycles. The Labute approximate surface area is 176 Å². The predicted molar refractivity (Wildman–Crippen MR) is 116 cm³/mol. The van der Waals surface area contributed by atoms with Crippen LogP contribution in [-0.4, -0.2) is 29.0 Å². The molecule has 144 valence electrons. The quantitative estimate of drug-likeness (QED) is 0.485. The zero-order valence-corrected chi connectivity index (χ0v) is 17.6. The van der Waals surface area contributed by atoms with Gasteiger partial charge < -0.3 is 9.41 Å². The number of aromatic nitrogens is 1. The van der Waals surface area contributed by atoms with Crippen LogP contribution >= 0.6 is 35.9 Å². The number of aromatic carboxylic acids is 1. The minimum absolute atomic E-state index is 0.237. The van der Waals surface area contributed by atoms with Crippen LogP contribution in [0.4, 0.5) is 10.8 Å². The summed E-state index contributed by atoms with van der Waals surface area (Å²) >= 11 is 6.97. The first-order valence-electron chi connectivity index (χ1n) is 8.15. The van der Waals surface area contributed by atoms with Crippen molar-refractivity contribution >= 4 is 58.6 Å². The van der Waals surface area contributed by atoms with Gasteiger partial charge in [-0.1, -0.05) is 42.0 Å². The first kappa shape index (κ1) is 20.2. The fourth-order valence-electron chi connectivity index (χ4n) is 2.31. The normalized spacial score (nSPS) is 10.5. The number of anilines is 2. The average Bonchev–Trinajstić information content (AvgIpc) is 3.10. The van der Waals surface area contributed by atoms with Crippen LogP contribution < -0.4 is 9.62 Å². The van der Waals surface area contributed by atoms with E-state index in [9.17, 15) is 9.59 Å². The van der Waals surface area contributed by atoms with Crippen molar-refractivity contribution in [3.8, 4) is 0 Å². The number of nitrogens with zero attached hydrogens (tertiary/aromatic N) is 2. The number of thiol groups is 1. The Hall–Kier alpha value is -2.49. The summed E-state index contributed by atoms with van der Waals surface area (Å²) in [5.74, 6) is -1.21. The molecular weight excluding hydrogens is 414 g/mol. The van der Waals surface area contributed by atoms with Crippen LogP contribution in [0.1, 0.15) is 26.3 Å². The summed E-state index contributed by atoms with van der Waals surface area (Å²) in [7, 11) is 1.81. The van der Waals surface area contributed by atoms with E-state index in [2.05, 4.69) is 23.1 Å². The largest absolute Gasteiger partial charge is 0.478 e. The van der Waals surface area contributed by atoms with E-state index in [1.54, 1.807) is 47.9 Å². The van der Waals surface area contributed by atoms with Crippen LogP contribution in [-0.2, 0) is 0 Å². The molecule has 1 heterocycles. The Balaban J connectivity index is 1.70. The highest BCUT2D eigenvalue weighted by Gasteiger charge is 2.12. The maximum Gasteiger partial charge on any atom is 0.335 e. The Morgan fingerprint density at radius 3 is 2.50 bits per heavy atom. The second-order valence-electron chi connectivity index (χ2n) is 5.90. The molecule has 1 amide bonds. The van der Waals surface area contributed by atoms with Gasteiger partial charge in [-0.05, 0) is 48.9 Å². The number of thiazole rings is 1. The van der Waals surface area contributed by atoms with Crippen molar-refractivity contribution in [2.24, 2.45) is 0 Å². The number of rotatable bonds is 6. The predicted octanol–water partition coefficient (Wildman–Crippen LogP) is 4.83. The molecule has 0 radical (unpaired) electrons. The lowest BCUT2D eigenvalue weighted by Gasteiger charge is -2.10. The molecule has 0 aliphatic rings. The second-order valence-corrected chi connectivity index (χ2v) is 8.87. The number of amides is 1. The van der Waals surface area contributed by atoms with Crippen LogP contribution in [0.2, 0.25) is 0 Å². The summed E-state index contributed by atoms with van der Waals surface area (Å²) in [5, 5.41) is 12.4. The SMILES string of the molecule is Cc1ccc(C(=O)O)cc1Sc1cnc(NC(=O)c2ccc(N(C)S)cc2)s1. The van der Waals surface area contributed by atoms with Crippen molar-refractivity contribution in [1.29, 1.82) is 0 Å². The summed E-state index contributed by atoms with van der Waals surface area (Å²) in [5.41, 5.74) is 2.62. The Kier molecular flexibility index (Phi) is 6.28. The molecule has 28 heavy (non-hydrogen) atoms. The minimum Gasteiger partial charge on any atom is -0.478 e. The molecule has 2 aromatic carbocycles. The van der Waals surface area contributed by atoms with Crippen LogP contribution in [0.15, 0.2) is 57.8 Å². The van der Waals surface area contributed by atoms with Gasteiger partial charge in [-0.2, -0.15) is 0 Å². The number of carbonyl (C=O) groups is 2. The standard InChI is InChI=1S/C19H17N3O3S3/c1-11-3-4-13(18(24)25)9-15(11)27-16-10-20-19(28-16)21-17(23)12-5-7-14(8-6-12)22(2)26/h3-10,26H,1-2H3,(H,24,25)(H,20,21,23). The molecule has 0 unspecified atom stereocenters. The van der Waals surface area contributed by atoms with E-state index in [-0.39, 0.29) is 11.5 Å². The van der Waals surface area contributed by atoms with Crippen LogP contribution in [0.5, 0.6) is 0 Å². The summed E-state index contributed by atoms with van der Waals surface area (Å²) in [6.45, 7) is 1.92. The Morgan fingerprint density at radius 2 is 1.86 bits per heavy atom. The fraction of sp³-hybridized carbons (Fsp3) is 0.105. The van der Waals surface area contributed by atoms with E-state index in [1.165, 1.54) is 23.1 Å². The van der Waals surface area contributed by atoms with Crippen molar-refractivity contribution in [1.82, 2.24) is 4.98 Å². The average molecular weight is 432 g/mol. The van der Waals surface area contributed by atoms with Gasteiger partial charge >= 0.3 is 5.97 Å². The Morgan fingerprint density at radius 1 is 1.18 bits per heavy atom. The van der Waals surface area contributed by atoms with Crippen LogP contribution in [0.25, 0.3) is 0 Å². The van der Waals surface area contributed by atoms with E-state index in [0.29, 0.717) is 10.7 Å². The van der Waals surface area contributed by atoms with Gasteiger partial charge in [0.05, 0.1) is 16.0 Å². The third-order valence-electron chi connectivity index (χ3n) is 3.85. The maximum atomic E-state index is 12.4. The van der Waals surface area contributed by atoms with Gasteiger partial charge in [-0.3, -0.25) is 10.1 Å². The van der Waals surface area contributed by atoms with Gasteiger partial charge in [-0.25, -0.2) is 9.78 Å². The molecule has 0 aliphatic heterocycles. The first-order chi connectivity index (χ1) is 13.3. The minimum atomic E-state index is -0.964. The van der Waals surface area contributed by atoms with E-state index >= 15 is 0 Å². The van der Waals surface area contributed by atoms with Gasteiger partial charge in [0.15, 0.2) is 5.13 Å². The molecule has 6 nitrogen and oxygen atoms in total. The molecule has 3 aromatic rings. The topological polar surface area (TPSA) is 82.5 Å². The van der Waals surface area contributed by atoms with E-state index in [1.807, 2.05) is 19.1 Å². The molecule has 0 fully saturated rings. The zero-order valence-electron chi connectivity index (χ0n) is 15.0. The molecule has 9 heteroatoms. The summed E-state index contributed by atoms with van der Waals surface area (Å²) in [6, 6.07) is 12.1. The van der Waals surface area contributed by atoms with Crippen molar-refractivity contribution in [2.45, 2.75) is 16.0 Å². The highest BCUT2D eigenvalue weighted by Crippen LogP contribution is 2.36. The first-order valence-corrected chi connectivity index (χ1v) is 10.2. The van der Waals surface area contributed by atoms with Gasteiger partial charge in [0.25, 0.3) is 5.91 Å². The zero-order chi connectivity index (χ0) is 20.3. The van der Waals surface area contributed by atoms with Gasteiger partial charge in [-0.15, -0.1) is 0 Å². The lowest BCUT2D eigenvalue weighted by atomic mass is 10.1. The summed E-state index contributed by atoms with van der Waals surface area (Å²) in [4.78, 5) is 28.6. The molecule has 2 N–H and O–H groups in total. The number of aryl methyl sites for hydroxylation is 1. The van der Waals surface area contributed by atoms with Crippen LogP contribution in [0.3, 0.4) is 0 Å². The lowest BCUT2D eigenvalue weighted by molar-refractivity contribution is 0.0696. The lowest BCUT2D eigenvalue weighted by Crippen LogP contribution is -2.11. The molecule has 0 saturated carbocycles. The smallest absolute Gasteiger partial charge is 0.335 e. The number of hydrogen-bond donors (Lipinski definition) is 3. The van der Waals surface area contributed by atoms with E-state index in [4.69, 9.17) is 5.11 Å². The van der Waals surface area contributed by atoms with Crippen molar-refractivity contribution in [2.75, 3.05) is 16.7 Å².